The summed E-state index contributed by atoms with van der Waals surface area (Å²) in [4.78, 5) is 11.2. The molecule has 0 aromatic heterocycles. The van der Waals surface area contributed by atoms with Gasteiger partial charge < -0.3 is 0 Å². The number of hydrogen-bond donors (Lipinski definition) is 0. The first-order valence-electron chi connectivity index (χ1n) is 9.46. The van der Waals surface area contributed by atoms with Crippen LogP contribution in [0.15, 0.2) is 82.8 Å². The summed E-state index contributed by atoms with van der Waals surface area (Å²) in [6.07, 6.45) is 0.192. The number of nitro benzene ring substituents is 1. The van der Waals surface area contributed by atoms with Gasteiger partial charge in [0.1, 0.15) is 6.04 Å². The fourth-order valence-corrected chi connectivity index (χ4v) is 5.42. The van der Waals surface area contributed by atoms with Gasteiger partial charge in [0, 0.05) is 17.5 Å². The van der Waals surface area contributed by atoms with Crippen molar-refractivity contribution in [3.05, 3.63) is 105 Å². The van der Waals surface area contributed by atoms with Crippen molar-refractivity contribution in [2.45, 2.75) is 24.3 Å². The van der Waals surface area contributed by atoms with Gasteiger partial charge in [-0.15, -0.1) is 0 Å². The normalized spacial score (nSPS) is 16.3. The molecule has 158 valence electrons. The van der Waals surface area contributed by atoms with Crippen molar-refractivity contribution in [3.8, 4) is 0 Å². The first-order chi connectivity index (χ1) is 14.8. The zero-order chi connectivity index (χ0) is 22.2. The second-order valence-corrected chi connectivity index (χ2v) is 9.33. The summed E-state index contributed by atoms with van der Waals surface area (Å²) in [6.45, 7) is 1.70. The van der Waals surface area contributed by atoms with E-state index in [4.69, 9.17) is 11.6 Å². The van der Waals surface area contributed by atoms with Gasteiger partial charge in [-0.2, -0.15) is 17.9 Å². The number of rotatable bonds is 5. The maximum absolute atomic E-state index is 13.6. The van der Waals surface area contributed by atoms with E-state index in [2.05, 4.69) is 5.10 Å². The molecule has 0 aliphatic carbocycles. The highest BCUT2D eigenvalue weighted by atomic mass is 35.5. The van der Waals surface area contributed by atoms with Crippen molar-refractivity contribution in [3.63, 3.8) is 0 Å². The number of sulfonamides is 1. The fraction of sp³-hybridized carbons (Fsp3) is 0.136. The van der Waals surface area contributed by atoms with Gasteiger partial charge in [-0.05, 0) is 42.3 Å². The smallest absolute Gasteiger partial charge is 0.258 e. The van der Waals surface area contributed by atoms with Gasteiger partial charge in [0.25, 0.3) is 15.7 Å². The van der Waals surface area contributed by atoms with Crippen molar-refractivity contribution >= 4 is 33.0 Å². The third-order valence-electron chi connectivity index (χ3n) is 5.16. The summed E-state index contributed by atoms with van der Waals surface area (Å²) in [5, 5.41) is 16.6. The maximum atomic E-state index is 13.6. The molecule has 0 fully saturated rings. The fourth-order valence-electron chi connectivity index (χ4n) is 3.64. The van der Waals surface area contributed by atoms with Crippen LogP contribution in [0.3, 0.4) is 0 Å². The Balaban J connectivity index is 1.88. The van der Waals surface area contributed by atoms with E-state index in [-0.39, 0.29) is 22.6 Å². The molecule has 7 nitrogen and oxygen atoms in total. The van der Waals surface area contributed by atoms with Crippen molar-refractivity contribution in [1.82, 2.24) is 4.41 Å². The molecule has 0 radical (unpaired) electrons. The van der Waals surface area contributed by atoms with Crippen LogP contribution in [0.4, 0.5) is 5.69 Å². The van der Waals surface area contributed by atoms with Crippen LogP contribution in [0.25, 0.3) is 0 Å². The molecule has 0 N–H and O–H groups in total. The van der Waals surface area contributed by atoms with Gasteiger partial charge in [-0.25, -0.2) is 0 Å². The Kier molecular flexibility index (Phi) is 5.51. The second kappa shape index (κ2) is 8.13. The highest BCUT2D eigenvalue weighted by molar-refractivity contribution is 7.89. The lowest BCUT2D eigenvalue weighted by Crippen LogP contribution is -2.28. The number of nitrogens with zero attached hydrogens (tertiary/aromatic N) is 3. The summed E-state index contributed by atoms with van der Waals surface area (Å²) in [6, 6.07) is 18.8. The molecule has 3 aromatic carbocycles. The number of nitro groups is 1. The van der Waals surface area contributed by atoms with Crippen LogP contribution < -0.4 is 0 Å². The minimum Gasteiger partial charge on any atom is -0.258 e. The van der Waals surface area contributed by atoms with E-state index in [1.54, 1.807) is 67.6 Å². The van der Waals surface area contributed by atoms with Gasteiger partial charge in [0.15, 0.2) is 0 Å². The summed E-state index contributed by atoms with van der Waals surface area (Å²) in [5.41, 5.74) is 1.92. The summed E-state index contributed by atoms with van der Waals surface area (Å²) < 4.78 is 28.2. The molecule has 1 atom stereocenters. The van der Waals surface area contributed by atoms with Crippen LogP contribution in [0.5, 0.6) is 0 Å². The lowest BCUT2D eigenvalue weighted by molar-refractivity contribution is -0.385. The number of aryl methyl sites for hydroxylation is 1. The van der Waals surface area contributed by atoms with Crippen LogP contribution in [-0.2, 0) is 10.0 Å². The standard InChI is InChI=1S/C22H18ClN3O4S/c1-15-6-2-5-9-22(15)31(29,30)25-21(18-7-3-4-8-20(18)26(27)28)14-19(24-25)16-10-12-17(23)13-11-16/h2-13,21H,14H2,1H3/t21-/m0/s1. The van der Waals surface area contributed by atoms with Crippen LogP contribution in [-0.4, -0.2) is 23.5 Å². The second-order valence-electron chi connectivity index (χ2n) is 7.13. The molecular weight excluding hydrogens is 438 g/mol. The average Bonchev–Trinajstić information content (AvgIpc) is 3.20. The quantitative estimate of drug-likeness (QED) is 0.395. The molecule has 9 heteroatoms. The molecule has 1 aliphatic heterocycles. The number of para-hydroxylation sites is 1. The Bertz CT molecular complexity index is 1290. The van der Waals surface area contributed by atoms with Crippen LogP contribution in [0, 0.1) is 17.0 Å². The third kappa shape index (κ3) is 3.92. The van der Waals surface area contributed by atoms with Gasteiger partial charge in [-0.3, -0.25) is 10.1 Å². The predicted octanol–water partition coefficient (Wildman–Crippen LogP) is 5.10. The molecule has 0 saturated heterocycles. The van der Waals surface area contributed by atoms with E-state index in [0.29, 0.717) is 21.9 Å². The number of halogens is 1. The average molecular weight is 456 g/mol. The van der Waals surface area contributed by atoms with Gasteiger partial charge in [-0.1, -0.05) is 54.1 Å². The topological polar surface area (TPSA) is 92.9 Å². The molecule has 3 aromatic rings. The molecule has 0 bridgehead atoms. The van der Waals surface area contributed by atoms with Gasteiger partial charge >= 0.3 is 0 Å². The monoisotopic (exact) mass is 455 g/mol. The highest BCUT2D eigenvalue weighted by Gasteiger charge is 2.40. The molecule has 1 aliphatic rings. The number of benzene rings is 3. The van der Waals surface area contributed by atoms with E-state index in [1.165, 1.54) is 12.1 Å². The Labute approximate surface area is 184 Å². The molecule has 4 rings (SSSR count). The SMILES string of the molecule is Cc1ccccc1S(=O)(=O)N1N=C(c2ccc(Cl)cc2)C[C@H]1c1ccccc1[N+](=O)[O-]. The lowest BCUT2D eigenvalue weighted by Gasteiger charge is -2.24. The third-order valence-corrected chi connectivity index (χ3v) is 7.25. The molecular formula is C22H18ClN3O4S. The molecule has 1 heterocycles. The lowest BCUT2D eigenvalue weighted by atomic mass is 9.98. The Morgan fingerprint density at radius 3 is 2.35 bits per heavy atom. The van der Waals surface area contributed by atoms with Crippen molar-refractivity contribution in [2.24, 2.45) is 5.10 Å². The van der Waals surface area contributed by atoms with Gasteiger partial charge in [0.05, 0.1) is 21.1 Å². The maximum Gasteiger partial charge on any atom is 0.279 e. The van der Waals surface area contributed by atoms with Crippen molar-refractivity contribution < 1.29 is 13.3 Å². The largest absolute Gasteiger partial charge is 0.279 e. The minimum atomic E-state index is -4.06. The van der Waals surface area contributed by atoms with Crippen LogP contribution >= 0.6 is 11.6 Å². The van der Waals surface area contributed by atoms with Gasteiger partial charge in [0.2, 0.25) is 0 Å². The molecule has 0 amide bonds. The zero-order valence-electron chi connectivity index (χ0n) is 16.5. The van der Waals surface area contributed by atoms with E-state index in [0.717, 1.165) is 4.41 Å². The zero-order valence-corrected chi connectivity index (χ0v) is 18.0. The van der Waals surface area contributed by atoms with E-state index < -0.39 is 21.0 Å². The Morgan fingerprint density at radius 1 is 1.03 bits per heavy atom. The van der Waals surface area contributed by atoms with Crippen molar-refractivity contribution in [1.29, 1.82) is 0 Å². The minimum absolute atomic E-state index is 0.111. The molecule has 0 spiro atoms. The highest BCUT2D eigenvalue weighted by Crippen LogP contribution is 2.40. The van der Waals surface area contributed by atoms with Crippen LogP contribution in [0.2, 0.25) is 5.02 Å². The first kappa shape index (κ1) is 21.0. The molecule has 0 saturated carbocycles. The summed E-state index contributed by atoms with van der Waals surface area (Å²) >= 11 is 5.98. The van der Waals surface area contributed by atoms with E-state index in [1.807, 2.05) is 0 Å². The molecule has 0 unspecified atom stereocenters. The summed E-state index contributed by atoms with van der Waals surface area (Å²) in [5.74, 6) is 0. The van der Waals surface area contributed by atoms with E-state index >= 15 is 0 Å². The predicted molar refractivity (Wildman–Crippen MR) is 119 cm³/mol. The molecule has 31 heavy (non-hydrogen) atoms. The van der Waals surface area contributed by atoms with E-state index in [9.17, 15) is 18.5 Å². The number of hydrogen-bond acceptors (Lipinski definition) is 5. The first-order valence-corrected chi connectivity index (χ1v) is 11.3. The van der Waals surface area contributed by atoms with Crippen molar-refractivity contribution in [2.75, 3.05) is 0 Å². The Hall–Kier alpha value is -3.23. The number of hydrazone groups is 1. The Morgan fingerprint density at radius 2 is 1.68 bits per heavy atom. The summed E-state index contributed by atoms with van der Waals surface area (Å²) in [7, 11) is -4.06. The van der Waals surface area contributed by atoms with Crippen LogP contribution in [0.1, 0.15) is 29.2 Å².